The van der Waals surface area contributed by atoms with Gasteiger partial charge in [0.2, 0.25) is 0 Å². The van der Waals surface area contributed by atoms with Crippen LogP contribution in [0.5, 0.6) is 0 Å². The van der Waals surface area contributed by atoms with Crippen molar-refractivity contribution in [2.24, 2.45) is 0 Å². The van der Waals surface area contributed by atoms with Crippen LogP contribution in [-0.4, -0.2) is 15.7 Å². The van der Waals surface area contributed by atoms with Gasteiger partial charge in [0.25, 0.3) is 5.91 Å². The van der Waals surface area contributed by atoms with E-state index in [0.717, 1.165) is 0 Å². The van der Waals surface area contributed by atoms with Crippen molar-refractivity contribution in [1.82, 2.24) is 4.98 Å². The molecule has 0 saturated heterocycles. The minimum atomic E-state index is -1.11. The smallest absolute Gasteiger partial charge is 0.257 e. The Bertz CT molecular complexity index is 385. The molecule has 0 atom stereocenters. The lowest BCUT2D eigenvalue weighted by Crippen LogP contribution is -2.18. The molecule has 0 bridgehead atoms. The van der Waals surface area contributed by atoms with E-state index in [0.29, 0.717) is 11.3 Å². The molecule has 1 rings (SSSR count). The summed E-state index contributed by atoms with van der Waals surface area (Å²) in [5.74, 6) is 1.88. The van der Waals surface area contributed by atoms with E-state index >= 15 is 0 Å². The number of hydrogen-bond acceptors (Lipinski definition) is 2. The van der Waals surface area contributed by atoms with Gasteiger partial charge in [0, 0.05) is 11.8 Å². The Kier molecular flexibility index (Phi) is 3.75. The number of carbonyl (C=O) groups excluding carboxylic acids is 1. The highest BCUT2D eigenvalue weighted by Crippen LogP contribution is 2.10. The third-order valence-corrected chi connectivity index (χ3v) is 1.77. The molecule has 0 spiro atoms. The summed E-state index contributed by atoms with van der Waals surface area (Å²) in [4.78, 5) is 13.8. The Morgan fingerprint density at radius 3 is 2.86 bits per heavy atom. The second-order valence-electron chi connectivity index (χ2n) is 2.40. The van der Waals surface area contributed by atoms with Crippen molar-refractivity contribution in [3.8, 4) is 12.3 Å². The summed E-state index contributed by atoms with van der Waals surface area (Å²) in [6, 6.07) is 1.60. The fourth-order valence-electron chi connectivity index (χ4n) is 0.784. The fourth-order valence-corrected chi connectivity index (χ4v) is 0.893. The second-order valence-corrected chi connectivity index (χ2v) is 3.49. The van der Waals surface area contributed by atoms with Crippen molar-refractivity contribution in [3.05, 3.63) is 24.0 Å². The molecule has 0 aromatic carbocycles. The van der Waals surface area contributed by atoms with E-state index in [1.54, 1.807) is 6.07 Å². The van der Waals surface area contributed by atoms with Crippen LogP contribution < -0.4 is 5.32 Å². The maximum atomic E-state index is 11.1. The quantitative estimate of drug-likeness (QED) is 0.620. The zero-order valence-electron chi connectivity index (χ0n) is 7.00. The van der Waals surface area contributed by atoms with Crippen LogP contribution in [-0.2, 0) is 4.79 Å². The molecule has 14 heavy (non-hydrogen) atoms. The van der Waals surface area contributed by atoms with Gasteiger partial charge in [-0.2, -0.15) is 0 Å². The van der Waals surface area contributed by atoms with Gasteiger partial charge in [-0.1, -0.05) is 29.1 Å². The van der Waals surface area contributed by atoms with Crippen LogP contribution in [0.1, 0.15) is 5.56 Å². The summed E-state index contributed by atoms with van der Waals surface area (Å²) in [6.45, 7) is 0. The molecule has 72 valence electrons. The molecule has 0 unspecified atom stereocenters. The van der Waals surface area contributed by atoms with Gasteiger partial charge >= 0.3 is 0 Å². The van der Waals surface area contributed by atoms with E-state index in [4.69, 9.17) is 29.6 Å². The minimum Gasteiger partial charge on any atom is -0.322 e. The molecular weight excluding hydrogens is 223 g/mol. The van der Waals surface area contributed by atoms with Gasteiger partial charge in [0.15, 0.2) is 4.84 Å². The zero-order chi connectivity index (χ0) is 10.6. The van der Waals surface area contributed by atoms with Crippen LogP contribution in [0, 0.1) is 12.3 Å². The third-order valence-electron chi connectivity index (χ3n) is 1.37. The van der Waals surface area contributed by atoms with Crippen LogP contribution in [0.25, 0.3) is 0 Å². The van der Waals surface area contributed by atoms with Gasteiger partial charge in [-0.25, -0.2) is 0 Å². The fraction of sp³-hybridized carbons (Fsp3) is 0.111. The van der Waals surface area contributed by atoms with Crippen molar-refractivity contribution in [3.63, 3.8) is 0 Å². The Hall–Kier alpha value is -1.24. The number of terminal acetylenes is 1. The number of anilines is 1. The lowest BCUT2D eigenvalue weighted by Gasteiger charge is -2.04. The van der Waals surface area contributed by atoms with Crippen LogP contribution >= 0.6 is 23.2 Å². The molecule has 3 nitrogen and oxygen atoms in total. The number of nitrogens with zero attached hydrogens (tertiary/aromatic N) is 1. The topological polar surface area (TPSA) is 42.0 Å². The lowest BCUT2D eigenvalue weighted by atomic mass is 10.3. The molecule has 0 radical (unpaired) electrons. The van der Waals surface area contributed by atoms with E-state index in [-0.39, 0.29) is 0 Å². The van der Waals surface area contributed by atoms with E-state index in [9.17, 15) is 4.79 Å². The van der Waals surface area contributed by atoms with Gasteiger partial charge in [-0.05, 0) is 6.07 Å². The Morgan fingerprint density at radius 1 is 1.57 bits per heavy atom. The Labute approximate surface area is 91.4 Å². The first kappa shape index (κ1) is 10.8. The number of halogens is 2. The molecule has 0 aliphatic heterocycles. The molecule has 0 aliphatic carbocycles. The maximum Gasteiger partial charge on any atom is 0.257 e. The molecule has 1 aromatic rings. The molecule has 0 aliphatic rings. The van der Waals surface area contributed by atoms with Crippen LogP contribution in [0.2, 0.25) is 0 Å². The highest BCUT2D eigenvalue weighted by atomic mass is 35.5. The van der Waals surface area contributed by atoms with Crippen molar-refractivity contribution in [2.75, 3.05) is 5.32 Å². The lowest BCUT2D eigenvalue weighted by molar-refractivity contribution is -0.114. The molecule has 0 fully saturated rings. The maximum absolute atomic E-state index is 11.1. The average molecular weight is 229 g/mol. The SMILES string of the molecule is C#Cc1cncc(NC(=O)C(Cl)Cl)c1. The van der Waals surface area contributed by atoms with Crippen LogP contribution in [0.3, 0.4) is 0 Å². The predicted octanol–water partition coefficient (Wildman–Crippen LogP) is 1.81. The second kappa shape index (κ2) is 4.85. The summed E-state index contributed by atoms with van der Waals surface area (Å²) < 4.78 is 0. The van der Waals surface area contributed by atoms with E-state index in [2.05, 4.69) is 16.2 Å². The highest BCUT2D eigenvalue weighted by molar-refractivity contribution is 6.54. The number of alkyl halides is 2. The minimum absolute atomic E-state index is 0.469. The summed E-state index contributed by atoms with van der Waals surface area (Å²) in [7, 11) is 0. The predicted molar refractivity (Wildman–Crippen MR) is 56.3 cm³/mol. The van der Waals surface area contributed by atoms with Crippen LogP contribution in [0.15, 0.2) is 18.5 Å². The molecule has 5 heteroatoms. The summed E-state index contributed by atoms with van der Waals surface area (Å²) >= 11 is 10.7. The Morgan fingerprint density at radius 2 is 2.29 bits per heavy atom. The van der Waals surface area contributed by atoms with Gasteiger partial charge in [0.05, 0.1) is 11.9 Å². The highest BCUT2D eigenvalue weighted by Gasteiger charge is 2.11. The monoisotopic (exact) mass is 228 g/mol. The molecule has 1 aromatic heterocycles. The van der Waals surface area contributed by atoms with Crippen molar-refractivity contribution >= 4 is 34.8 Å². The van der Waals surface area contributed by atoms with Crippen molar-refractivity contribution in [2.45, 2.75) is 4.84 Å². The zero-order valence-corrected chi connectivity index (χ0v) is 8.51. The number of nitrogens with one attached hydrogen (secondary N) is 1. The van der Waals surface area contributed by atoms with E-state index in [1.807, 2.05) is 0 Å². The first-order chi connectivity index (χ1) is 6.63. The number of aromatic nitrogens is 1. The van der Waals surface area contributed by atoms with Crippen molar-refractivity contribution in [1.29, 1.82) is 0 Å². The Balaban J connectivity index is 2.78. The number of rotatable bonds is 2. The number of pyridine rings is 1. The van der Waals surface area contributed by atoms with E-state index in [1.165, 1.54) is 12.4 Å². The summed E-state index contributed by atoms with van der Waals surface area (Å²) in [6.07, 6.45) is 8.12. The van der Waals surface area contributed by atoms with Crippen LogP contribution in [0.4, 0.5) is 5.69 Å². The van der Waals surface area contributed by atoms with Gasteiger partial charge in [0.1, 0.15) is 0 Å². The summed E-state index contributed by atoms with van der Waals surface area (Å²) in [5.41, 5.74) is 1.04. The number of amides is 1. The molecule has 1 amide bonds. The third kappa shape index (κ3) is 2.91. The molecule has 0 saturated carbocycles. The first-order valence-electron chi connectivity index (χ1n) is 3.64. The van der Waals surface area contributed by atoms with Gasteiger partial charge in [-0.3, -0.25) is 9.78 Å². The normalized spacial score (nSPS) is 9.57. The van der Waals surface area contributed by atoms with Gasteiger partial charge < -0.3 is 5.32 Å². The first-order valence-corrected chi connectivity index (χ1v) is 4.51. The standard InChI is InChI=1S/C9H6Cl2N2O/c1-2-6-3-7(5-12-4-6)13-9(14)8(10)11/h1,3-5,8H,(H,13,14). The van der Waals surface area contributed by atoms with Crippen molar-refractivity contribution < 1.29 is 4.79 Å². The largest absolute Gasteiger partial charge is 0.322 e. The molecule has 1 heterocycles. The van der Waals surface area contributed by atoms with Gasteiger partial charge in [-0.15, -0.1) is 6.42 Å². The number of hydrogen-bond donors (Lipinski definition) is 1. The number of carbonyl (C=O) groups is 1. The molecular formula is C9H6Cl2N2O. The van der Waals surface area contributed by atoms with E-state index < -0.39 is 10.7 Å². The molecule has 1 N–H and O–H groups in total. The average Bonchev–Trinajstić information content (AvgIpc) is 2.18. The summed E-state index contributed by atoms with van der Waals surface area (Å²) in [5, 5.41) is 2.46.